The molecule has 1 heterocycles. The van der Waals surface area contributed by atoms with Crippen molar-refractivity contribution < 1.29 is 9.90 Å². The average molecular weight is 168 g/mol. The van der Waals surface area contributed by atoms with Crippen LogP contribution in [0.1, 0.15) is 32.1 Å². The van der Waals surface area contributed by atoms with Gasteiger partial charge in [-0.25, -0.2) is 0 Å². The summed E-state index contributed by atoms with van der Waals surface area (Å²) < 4.78 is 0. The highest BCUT2D eigenvalue weighted by atomic mass is 16.4. The van der Waals surface area contributed by atoms with Crippen LogP contribution < -0.4 is 5.32 Å². The SMILES string of the molecule is O=C(O)[C]1CC2CCCCC2N1. The predicted octanol–water partition coefficient (Wildman–Crippen LogP) is 1.16. The average Bonchev–Trinajstić information content (AvgIpc) is 2.46. The first-order chi connectivity index (χ1) is 5.77. The zero-order valence-corrected chi connectivity index (χ0v) is 7.05. The lowest BCUT2D eigenvalue weighted by Gasteiger charge is -2.23. The molecule has 0 aromatic rings. The molecule has 2 aliphatic rings. The summed E-state index contributed by atoms with van der Waals surface area (Å²) in [5.41, 5.74) is 0. The van der Waals surface area contributed by atoms with Crippen LogP contribution in [-0.2, 0) is 4.79 Å². The van der Waals surface area contributed by atoms with Gasteiger partial charge in [0.25, 0.3) is 0 Å². The summed E-state index contributed by atoms with van der Waals surface area (Å²) in [6, 6.07) is 0.997. The standard InChI is InChI=1S/C9H14NO2/c11-9(12)8-5-6-3-1-2-4-7(6)10-8/h6-7,10H,1-5H2,(H,11,12). The van der Waals surface area contributed by atoms with Gasteiger partial charge < -0.3 is 5.11 Å². The molecular formula is C9H14NO2. The van der Waals surface area contributed by atoms with Gasteiger partial charge in [-0.3, -0.25) is 10.1 Å². The Bertz CT molecular complexity index is 179. The molecule has 0 spiro atoms. The van der Waals surface area contributed by atoms with Crippen LogP contribution in [0.2, 0.25) is 0 Å². The lowest BCUT2D eigenvalue weighted by atomic mass is 9.85. The maximum Gasteiger partial charge on any atom is 0.326 e. The molecule has 2 fully saturated rings. The molecule has 3 heteroatoms. The van der Waals surface area contributed by atoms with E-state index >= 15 is 0 Å². The summed E-state index contributed by atoms with van der Waals surface area (Å²) in [5, 5.41) is 11.9. The normalized spacial score (nSPS) is 36.3. The van der Waals surface area contributed by atoms with E-state index < -0.39 is 5.97 Å². The Kier molecular flexibility index (Phi) is 2.05. The monoisotopic (exact) mass is 168 g/mol. The molecule has 2 N–H and O–H groups in total. The first-order valence-corrected chi connectivity index (χ1v) is 4.63. The Hall–Kier alpha value is -0.570. The third-order valence-electron chi connectivity index (χ3n) is 2.99. The molecule has 2 rings (SSSR count). The van der Waals surface area contributed by atoms with Gasteiger partial charge in [-0.15, -0.1) is 0 Å². The molecule has 1 saturated heterocycles. The maximum atomic E-state index is 10.6. The van der Waals surface area contributed by atoms with E-state index in [0.29, 0.717) is 18.0 Å². The molecule has 0 aromatic carbocycles. The summed E-state index contributed by atoms with van der Waals surface area (Å²) in [6.45, 7) is 0. The Morgan fingerprint density at radius 2 is 2.17 bits per heavy atom. The van der Waals surface area contributed by atoms with Crippen molar-refractivity contribution in [2.24, 2.45) is 5.92 Å². The Morgan fingerprint density at radius 1 is 1.42 bits per heavy atom. The quantitative estimate of drug-likeness (QED) is 0.617. The van der Waals surface area contributed by atoms with Crippen LogP contribution in [0, 0.1) is 12.0 Å². The zero-order valence-electron chi connectivity index (χ0n) is 7.05. The van der Waals surface area contributed by atoms with Crippen molar-refractivity contribution >= 4 is 5.97 Å². The van der Waals surface area contributed by atoms with Gasteiger partial charge in [0.05, 0.1) is 0 Å². The fraction of sp³-hybridized carbons (Fsp3) is 0.778. The maximum absolute atomic E-state index is 10.6. The number of fused-ring (bicyclic) bond motifs is 1. The molecule has 12 heavy (non-hydrogen) atoms. The van der Waals surface area contributed by atoms with Crippen LogP contribution in [-0.4, -0.2) is 17.1 Å². The van der Waals surface area contributed by atoms with Crippen molar-refractivity contribution in [1.82, 2.24) is 5.32 Å². The molecule has 3 nitrogen and oxygen atoms in total. The molecule has 67 valence electrons. The van der Waals surface area contributed by atoms with E-state index in [0.717, 1.165) is 12.8 Å². The first-order valence-electron chi connectivity index (χ1n) is 4.63. The largest absolute Gasteiger partial charge is 0.480 e. The van der Waals surface area contributed by atoms with Crippen LogP contribution in [0.5, 0.6) is 0 Å². The molecule has 1 aliphatic heterocycles. The van der Waals surface area contributed by atoms with E-state index in [4.69, 9.17) is 5.11 Å². The summed E-state index contributed by atoms with van der Waals surface area (Å²) in [7, 11) is 0. The van der Waals surface area contributed by atoms with Crippen LogP contribution in [0.15, 0.2) is 0 Å². The number of rotatable bonds is 1. The number of carboxylic acid groups (broad SMARTS) is 1. The molecule has 1 saturated carbocycles. The van der Waals surface area contributed by atoms with Gasteiger partial charge in [-0.2, -0.15) is 0 Å². The van der Waals surface area contributed by atoms with Gasteiger partial charge in [-0.05, 0) is 25.2 Å². The summed E-state index contributed by atoms with van der Waals surface area (Å²) in [4.78, 5) is 10.6. The number of aliphatic carboxylic acids is 1. The van der Waals surface area contributed by atoms with Crippen LogP contribution >= 0.6 is 0 Å². The summed E-state index contributed by atoms with van der Waals surface area (Å²) in [5.74, 6) is -0.158. The van der Waals surface area contributed by atoms with E-state index in [9.17, 15) is 4.79 Å². The second kappa shape index (κ2) is 3.05. The third kappa shape index (κ3) is 1.33. The van der Waals surface area contributed by atoms with E-state index in [1.54, 1.807) is 0 Å². The van der Waals surface area contributed by atoms with E-state index in [-0.39, 0.29) is 0 Å². The Morgan fingerprint density at radius 3 is 2.83 bits per heavy atom. The number of nitrogens with one attached hydrogen (secondary N) is 1. The second-order valence-corrected chi connectivity index (χ2v) is 3.78. The topological polar surface area (TPSA) is 49.3 Å². The second-order valence-electron chi connectivity index (χ2n) is 3.78. The van der Waals surface area contributed by atoms with Crippen molar-refractivity contribution in [3.63, 3.8) is 0 Å². The lowest BCUT2D eigenvalue weighted by Crippen LogP contribution is -2.32. The highest BCUT2D eigenvalue weighted by molar-refractivity contribution is 5.82. The number of carboxylic acids is 1. The van der Waals surface area contributed by atoms with Gasteiger partial charge in [0.2, 0.25) is 0 Å². The minimum atomic E-state index is -0.760. The van der Waals surface area contributed by atoms with Crippen molar-refractivity contribution in [3.05, 3.63) is 6.04 Å². The van der Waals surface area contributed by atoms with Crippen LogP contribution in [0.4, 0.5) is 0 Å². The van der Waals surface area contributed by atoms with Gasteiger partial charge in [0.1, 0.15) is 6.04 Å². The van der Waals surface area contributed by atoms with Gasteiger partial charge in [0.15, 0.2) is 0 Å². The third-order valence-corrected chi connectivity index (χ3v) is 2.99. The summed E-state index contributed by atoms with van der Waals surface area (Å²) in [6.07, 6.45) is 5.65. The molecule has 2 unspecified atom stereocenters. The van der Waals surface area contributed by atoms with Crippen molar-refractivity contribution in [1.29, 1.82) is 0 Å². The van der Waals surface area contributed by atoms with Crippen LogP contribution in [0.3, 0.4) is 0 Å². The molecular weight excluding hydrogens is 154 g/mol. The predicted molar refractivity (Wildman–Crippen MR) is 44.4 cm³/mol. The number of hydrogen-bond acceptors (Lipinski definition) is 2. The molecule has 1 radical (unpaired) electrons. The fourth-order valence-corrected chi connectivity index (χ4v) is 2.34. The van der Waals surface area contributed by atoms with Gasteiger partial charge in [-0.1, -0.05) is 12.8 Å². The molecule has 1 aliphatic carbocycles. The first kappa shape index (κ1) is 8.05. The lowest BCUT2D eigenvalue weighted by molar-refractivity contribution is -0.135. The Balaban J connectivity index is 1.98. The smallest absolute Gasteiger partial charge is 0.326 e. The summed E-state index contributed by atoms with van der Waals surface area (Å²) >= 11 is 0. The van der Waals surface area contributed by atoms with E-state index in [1.165, 1.54) is 19.3 Å². The van der Waals surface area contributed by atoms with E-state index in [2.05, 4.69) is 5.32 Å². The molecule has 2 atom stereocenters. The van der Waals surface area contributed by atoms with Crippen molar-refractivity contribution in [2.45, 2.75) is 38.1 Å². The minimum absolute atomic E-state index is 0.463. The zero-order chi connectivity index (χ0) is 8.55. The number of hydrogen-bond donors (Lipinski definition) is 2. The van der Waals surface area contributed by atoms with Crippen molar-refractivity contribution in [2.75, 3.05) is 0 Å². The molecule has 0 amide bonds. The van der Waals surface area contributed by atoms with Crippen molar-refractivity contribution in [3.8, 4) is 0 Å². The van der Waals surface area contributed by atoms with Crippen LogP contribution in [0.25, 0.3) is 0 Å². The van der Waals surface area contributed by atoms with E-state index in [1.807, 2.05) is 0 Å². The van der Waals surface area contributed by atoms with Gasteiger partial charge in [0, 0.05) is 6.04 Å². The Labute approximate surface area is 72.2 Å². The number of carbonyl (C=O) groups is 1. The molecule has 0 bridgehead atoms. The molecule has 0 aromatic heterocycles. The fourth-order valence-electron chi connectivity index (χ4n) is 2.34. The minimum Gasteiger partial charge on any atom is -0.480 e. The highest BCUT2D eigenvalue weighted by Gasteiger charge is 2.38. The highest BCUT2D eigenvalue weighted by Crippen LogP contribution is 2.35. The van der Waals surface area contributed by atoms with Gasteiger partial charge >= 0.3 is 5.97 Å².